The first-order valence-electron chi connectivity index (χ1n) is 7.70. The Morgan fingerprint density at radius 1 is 1.45 bits per heavy atom. The number of H-pyrrole nitrogens is 1. The smallest absolute Gasteiger partial charge is 0.387 e. The summed E-state index contributed by atoms with van der Waals surface area (Å²) in [5.74, 6) is -0.279. The molecule has 0 radical (unpaired) electrons. The van der Waals surface area contributed by atoms with Gasteiger partial charge < -0.3 is 30.3 Å². The summed E-state index contributed by atoms with van der Waals surface area (Å²) in [4.78, 5) is 48.1. The van der Waals surface area contributed by atoms with Crippen molar-refractivity contribution in [2.45, 2.75) is 31.0 Å². The lowest BCUT2D eigenvalue weighted by molar-refractivity contribution is -0.0560. The molecular weight excluding hydrogens is 443 g/mol. The molecule has 0 aliphatic carbocycles. The van der Waals surface area contributed by atoms with E-state index < -0.39 is 51.9 Å². The fraction of sp³-hybridized carbons (Fsp3) is 0.545. The predicted molar refractivity (Wildman–Crippen MR) is 90.9 cm³/mol. The molecule has 1 aliphatic heterocycles. The topological polar surface area (TPSA) is 232 Å². The molecule has 1 aliphatic rings. The van der Waals surface area contributed by atoms with Crippen LogP contribution in [-0.4, -0.2) is 63.8 Å². The van der Waals surface area contributed by atoms with Crippen molar-refractivity contribution >= 4 is 32.8 Å². The highest BCUT2D eigenvalue weighted by Gasteiger charge is 2.56. The molecule has 29 heavy (non-hydrogen) atoms. The minimum absolute atomic E-state index is 0.147. The number of phosphoric ester groups is 1. The summed E-state index contributed by atoms with van der Waals surface area (Å²) in [6.07, 6.45) is -4.06. The Labute approximate surface area is 160 Å². The fourth-order valence-electron chi connectivity index (χ4n) is 2.79. The monoisotopic (exact) mass is 459 g/mol. The standard InChI is InChI=1S/C11H16FN5O10P2/c1-11(12)6(18)4(2-25-29(23,24)27-28(20,21)22)26-9(11)17-3-14-5-7(17)15-10(13)16-8(5)19/h3-4,6,9,18H,2H2,1H3,(H,23,24)(H2,20,21,22)(H3,13,15,16,19)/t4-,6?,9-,11?/m1/s1. The molecule has 0 spiro atoms. The number of aliphatic hydroxyl groups excluding tert-OH is 1. The molecule has 0 amide bonds. The van der Waals surface area contributed by atoms with E-state index in [9.17, 15) is 23.9 Å². The molecule has 1 fully saturated rings. The highest BCUT2D eigenvalue weighted by molar-refractivity contribution is 7.60. The van der Waals surface area contributed by atoms with Crippen LogP contribution in [0.1, 0.15) is 13.2 Å². The summed E-state index contributed by atoms with van der Waals surface area (Å²) >= 11 is 0. The molecule has 3 heterocycles. The maximum absolute atomic E-state index is 15.2. The average Bonchev–Trinajstić information content (AvgIpc) is 3.04. The summed E-state index contributed by atoms with van der Waals surface area (Å²) in [5, 5.41) is 10.2. The van der Waals surface area contributed by atoms with E-state index in [0.717, 1.165) is 17.8 Å². The van der Waals surface area contributed by atoms with E-state index in [1.54, 1.807) is 0 Å². The van der Waals surface area contributed by atoms with E-state index in [4.69, 9.17) is 20.3 Å². The van der Waals surface area contributed by atoms with Gasteiger partial charge in [0.05, 0.1) is 12.9 Å². The zero-order chi connectivity index (χ0) is 21.8. The SMILES string of the molecule is CC1(F)C(O)[C@@H](COP(=O)(O)OP(=O)(O)O)O[C@H]1n1cnc2c(=O)[nH]c(N)nc21. The number of rotatable bonds is 6. The van der Waals surface area contributed by atoms with Crippen molar-refractivity contribution in [3.8, 4) is 0 Å². The van der Waals surface area contributed by atoms with E-state index in [1.807, 2.05) is 0 Å². The largest absolute Gasteiger partial charge is 0.481 e. The van der Waals surface area contributed by atoms with Gasteiger partial charge in [0.1, 0.15) is 12.2 Å². The number of nitrogens with two attached hydrogens (primary N) is 1. The number of phosphoric acid groups is 2. The number of fused-ring (bicyclic) bond motifs is 1. The van der Waals surface area contributed by atoms with Gasteiger partial charge in [-0.25, -0.2) is 18.5 Å². The summed E-state index contributed by atoms with van der Waals surface area (Å²) in [6, 6.07) is 0. The first kappa shape index (κ1) is 22.0. The zero-order valence-electron chi connectivity index (χ0n) is 14.4. The van der Waals surface area contributed by atoms with Gasteiger partial charge in [-0.15, -0.1) is 0 Å². The van der Waals surface area contributed by atoms with Crippen molar-refractivity contribution in [3.63, 3.8) is 0 Å². The molecule has 2 aromatic rings. The number of nitrogens with one attached hydrogen (secondary N) is 1. The minimum Gasteiger partial charge on any atom is -0.387 e. The molecule has 7 N–H and O–H groups in total. The van der Waals surface area contributed by atoms with Gasteiger partial charge in [0.2, 0.25) is 5.95 Å². The summed E-state index contributed by atoms with van der Waals surface area (Å²) in [7, 11) is -10.6. The molecular formula is C11H16FN5O10P2. The number of aromatic amines is 1. The lowest BCUT2D eigenvalue weighted by Crippen LogP contribution is -2.40. The normalized spacial score (nSPS) is 29.9. The van der Waals surface area contributed by atoms with Crippen molar-refractivity contribution in [1.82, 2.24) is 19.5 Å². The highest BCUT2D eigenvalue weighted by Crippen LogP contribution is 2.58. The van der Waals surface area contributed by atoms with Crippen molar-refractivity contribution in [2.75, 3.05) is 12.3 Å². The number of halogens is 1. The maximum atomic E-state index is 15.2. The number of hydrogen-bond acceptors (Lipinski definition) is 10. The molecule has 3 unspecified atom stereocenters. The molecule has 3 rings (SSSR count). The number of aliphatic hydroxyl groups is 1. The first-order chi connectivity index (χ1) is 13.2. The van der Waals surface area contributed by atoms with E-state index >= 15 is 4.39 Å². The van der Waals surface area contributed by atoms with Crippen LogP contribution in [0.4, 0.5) is 10.3 Å². The van der Waals surface area contributed by atoms with Gasteiger partial charge in [0, 0.05) is 0 Å². The second-order valence-corrected chi connectivity index (χ2v) is 9.06. The maximum Gasteiger partial charge on any atom is 0.481 e. The summed E-state index contributed by atoms with van der Waals surface area (Å²) in [6.45, 7) is -0.0108. The Kier molecular flexibility index (Phi) is 5.45. The summed E-state index contributed by atoms with van der Waals surface area (Å²) < 4.78 is 51.7. The quantitative estimate of drug-likeness (QED) is 0.282. The number of hydrogen-bond donors (Lipinski definition) is 6. The van der Waals surface area contributed by atoms with Gasteiger partial charge in [0.25, 0.3) is 5.56 Å². The van der Waals surface area contributed by atoms with Crippen LogP contribution in [0.2, 0.25) is 0 Å². The second-order valence-electron chi connectivity index (χ2n) is 6.23. The Balaban J connectivity index is 1.85. The van der Waals surface area contributed by atoms with Crippen molar-refractivity contribution in [3.05, 3.63) is 16.7 Å². The van der Waals surface area contributed by atoms with E-state index in [1.165, 1.54) is 0 Å². The van der Waals surface area contributed by atoms with Gasteiger partial charge in [-0.2, -0.15) is 9.29 Å². The van der Waals surface area contributed by atoms with E-state index in [-0.39, 0.29) is 17.1 Å². The fourth-order valence-corrected chi connectivity index (χ4v) is 4.39. The van der Waals surface area contributed by atoms with Crippen LogP contribution < -0.4 is 11.3 Å². The number of anilines is 1. The number of aromatic nitrogens is 4. The Morgan fingerprint density at radius 3 is 2.72 bits per heavy atom. The third-order valence-electron chi connectivity index (χ3n) is 4.03. The Bertz CT molecular complexity index is 1080. The van der Waals surface area contributed by atoms with Crippen molar-refractivity contribution in [2.24, 2.45) is 0 Å². The van der Waals surface area contributed by atoms with Gasteiger partial charge in [-0.1, -0.05) is 0 Å². The van der Waals surface area contributed by atoms with Crippen LogP contribution in [0.3, 0.4) is 0 Å². The van der Waals surface area contributed by atoms with Gasteiger partial charge >= 0.3 is 15.6 Å². The second kappa shape index (κ2) is 7.19. The molecule has 2 aromatic heterocycles. The van der Waals surface area contributed by atoms with Crippen LogP contribution in [0.15, 0.2) is 11.1 Å². The van der Waals surface area contributed by atoms with Crippen LogP contribution in [0.5, 0.6) is 0 Å². The summed E-state index contributed by atoms with van der Waals surface area (Å²) in [5.41, 5.74) is 1.93. The molecule has 1 saturated heterocycles. The van der Waals surface area contributed by atoms with Crippen molar-refractivity contribution < 1.29 is 46.9 Å². The van der Waals surface area contributed by atoms with Crippen molar-refractivity contribution in [1.29, 1.82) is 0 Å². The first-order valence-corrected chi connectivity index (χ1v) is 10.7. The van der Waals surface area contributed by atoms with E-state index in [2.05, 4.69) is 23.8 Å². The van der Waals surface area contributed by atoms with Crippen LogP contribution >= 0.6 is 15.6 Å². The molecule has 0 bridgehead atoms. The molecule has 162 valence electrons. The lowest BCUT2D eigenvalue weighted by atomic mass is 9.98. The number of ether oxygens (including phenoxy) is 1. The number of nitrogen functional groups attached to an aromatic ring is 1. The molecule has 15 nitrogen and oxygen atoms in total. The average molecular weight is 459 g/mol. The van der Waals surface area contributed by atoms with Crippen LogP contribution in [-0.2, 0) is 22.7 Å². The van der Waals surface area contributed by atoms with Gasteiger partial charge in [-0.05, 0) is 6.92 Å². The third-order valence-corrected chi connectivity index (χ3v) is 6.18. The van der Waals surface area contributed by atoms with E-state index in [0.29, 0.717) is 0 Å². The third kappa shape index (κ3) is 4.40. The lowest BCUT2D eigenvalue weighted by Gasteiger charge is -2.24. The Hall–Kier alpha value is -1.74. The van der Waals surface area contributed by atoms with Crippen LogP contribution in [0, 0.1) is 0 Å². The van der Waals surface area contributed by atoms with Gasteiger partial charge in [-0.3, -0.25) is 18.9 Å². The highest BCUT2D eigenvalue weighted by atomic mass is 31.3. The van der Waals surface area contributed by atoms with Gasteiger partial charge in [0.15, 0.2) is 23.1 Å². The predicted octanol–water partition coefficient (Wildman–Crippen LogP) is -1.09. The number of nitrogens with zero attached hydrogens (tertiary/aromatic N) is 3. The number of imidazole rings is 1. The molecule has 5 atom stereocenters. The Morgan fingerprint density at radius 2 is 2.10 bits per heavy atom. The van der Waals surface area contributed by atoms with Crippen LogP contribution in [0.25, 0.3) is 11.2 Å². The zero-order valence-corrected chi connectivity index (χ0v) is 16.2. The molecule has 0 saturated carbocycles. The molecule has 18 heteroatoms. The minimum atomic E-state index is -5.36. The molecule has 0 aromatic carbocycles. The number of alkyl halides is 1.